The summed E-state index contributed by atoms with van der Waals surface area (Å²) in [6, 6.07) is 6.41. The fraction of sp³-hybridized carbons (Fsp3) is 0.471. The van der Waals surface area contributed by atoms with Gasteiger partial charge in [0.05, 0.1) is 7.11 Å². The number of hydrogen-bond donors (Lipinski definition) is 1. The predicted octanol–water partition coefficient (Wildman–Crippen LogP) is 1.08. The third-order valence-corrected chi connectivity index (χ3v) is 4.69. The van der Waals surface area contributed by atoms with Crippen LogP contribution in [0.1, 0.15) is 25.3 Å². The molecule has 24 heavy (non-hydrogen) atoms. The van der Waals surface area contributed by atoms with Crippen LogP contribution in [0.4, 0.5) is 4.79 Å². The molecule has 0 saturated carbocycles. The van der Waals surface area contributed by atoms with Crippen molar-refractivity contribution in [3.8, 4) is 5.75 Å². The van der Waals surface area contributed by atoms with Crippen LogP contribution in [0.25, 0.3) is 0 Å². The van der Waals surface area contributed by atoms with E-state index in [9.17, 15) is 14.4 Å². The monoisotopic (exact) mass is 331 g/mol. The smallest absolute Gasteiger partial charge is 0.325 e. The van der Waals surface area contributed by atoms with E-state index in [0.717, 1.165) is 17.7 Å². The quantitative estimate of drug-likeness (QED) is 0.838. The van der Waals surface area contributed by atoms with Crippen molar-refractivity contribution in [2.75, 3.05) is 26.7 Å². The Hall–Kier alpha value is -2.57. The highest BCUT2D eigenvalue weighted by Gasteiger charge is 2.49. The zero-order valence-electron chi connectivity index (χ0n) is 13.9. The van der Waals surface area contributed by atoms with E-state index in [-0.39, 0.29) is 12.5 Å². The van der Waals surface area contributed by atoms with Crippen LogP contribution in [0.5, 0.6) is 5.75 Å². The van der Waals surface area contributed by atoms with E-state index < -0.39 is 17.5 Å². The lowest BCUT2D eigenvalue weighted by Crippen LogP contribution is -2.43. The Morgan fingerprint density at radius 1 is 1.21 bits per heavy atom. The summed E-state index contributed by atoms with van der Waals surface area (Å²) >= 11 is 0. The summed E-state index contributed by atoms with van der Waals surface area (Å²) < 4.78 is 5.11. The average Bonchev–Trinajstić information content (AvgIpc) is 3.19. The number of rotatable bonds is 4. The van der Waals surface area contributed by atoms with Crippen LogP contribution in [-0.4, -0.2) is 54.4 Å². The molecule has 1 aromatic rings. The first kappa shape index (κ1) is 16.3. The van der Waals surface area contributed by atoms with Crippen molar-refractivity contribution in [1.29, 1.82) is 0 Å². The maximum absolute atomic E-state index is 12.8. The normalized spacial score (nSPS) is 23.6. The Balaban J connectivity index is 1.78. The van der Waals surface area contributed by atoms with Gasteiger partial charge in [-0.2, -0.15) is 0 Å². The van der Waals surface area contributed by atoms with Gasteiger partial charge in [-0.1, -0.05) is 12.1 Å². The molecule has 0 spiro atoms. The van der Waals surface area contributed by atoms with Crippen molar-refractivity contribution in [3.05, 3.63) is 29.8 Å². The number of imide groups is 1. The SMILES string of the molecule is COc1ccc([C@]2(C)NC(=O)N(CC(=O)N3CCCC3)C2=O)cc1. The summed E-state index contributed by atoms with van der Waals surface area (Å²) in [6.45, 7) is 2.82. The van der Waals surface area contributed by atoms with Crippen LogP contribution in [0, 0.1) is 0 Å². The highest BCUT2D eigenvalue weighted by molar-refractivity contribution is 6.09. The number of amides is 4. The van der Waals surface area contributed by atoms with E-state index in [4.69, 9.17) is 4.74 Å². The Labute approximate surface area is 140 Å². The molecule has 1 aromatic carbocycles. The zero-order valence-corrected chi connectivity index (χ0v) is 13.9. The maximum atomic E-state index is 12.8. The number of ether oxygens (including phenoxy) is 1. The molecule has 7 heteroatoms. The van der Waals surface area contributed by atoms with Crippen LogP contribution < -0.4 is 10.1 Å². The molecule has 128 valence electrons. The minimum absolute atomic E-state index is 0.185. The number of carbonyl (C=O) groups excluding carboxylic acids is 3. The van der Waals surface area contributed by atoms with E-state index in [2.05, 4.69) is 5.32 Å². The molecule has 0 radical (unpaired) electrons. The molecule has 7 nitrogen and oxygen atoms in total. The Morgan fingerprint density at radius 3 is 2.42 bits per heavy atom. The second kappa shape index (κ2) is 6.14. The van der Waals surface area contributed by atoms with Gasteiger partial charge < -0.3 is 15.0 Å². The number of urea groups is 1. The maximum Gasteiger partial charge on any atom is 0.325 e. The van der Waals surface area contributed by atoms with Gasteiger partial charge in [-0.25, -0.2) is 4.79 Å². The van der Waals surface area contributed by atoms with E-state index in [1.807, 2.05) is 0 Å². The molecule has 0 bridgehead atoms. The van der Waals surface area contributed by atoms with Crippen LogP contribution >= 0.6 is 0 Å². The standard InChI is InChI=1S/C17H21N3O4/c1-17(12-5-7-13(24-2)8-6-12)15(22)20(16(23)18-17)11-14(21)19-9-3-4-10-19/h5-8H,3-4,9-11H2,1-2H3,(H,18,23)/t17-/m0/s1. The van der Waals surface area contributed by atoms with E-state index in [1.54, 1.807) is 43.2 Å². The Kier molecular flexibility index (Phi) is 4.17. The summed E-state index contributed by atoms with van der Waals surface area (Å²) in [7, 11) is 1.56. The van der Waals surface area contributed by atoms with Crippen LogP contribution in [-0.2, 0) is 15.1 Å². The Morgan fingerprint density at radius 2 is 1.83 bits per heavy atom. The fourth-order valence-corrected chi connectivity index (χ4v) is 3.16. The third kappa shape index (κ3) is 2.70. The van der Waals surface area contributed by atoms with Crippen molar-refractivity contribution in [2.45, 2.75) is 25.3 Å². The van der Waals surface area contributed by atoms with Gasteiger partial charge in [-0.15, -0.1) is 0 Å². The van der Waals surface area contributed by atoms with Gasteiger partial charge in [0.1, 0.15) is 17.8 Å². The summed E-state index contributed by atoms with van der Waals surface area (Å²) in [5, 5.41) is 2.71. The second-order valence-electron chi connectivity index (χ2n) is 6.26. The second-order valence-corrected chi connectivity index (χ2v) is 6.26. The minimum Gasteiger partial charge on any atom is -0.497 e. The molecule has 2 saturated heterocycles. The molecule has 1 N–H and O–H groups in total. The fourth-order valence-electron chi connectivity index (χ4n) is 3.16. The Bertz CT molecular complexity index is 667. The van der Waals surface area contributed by atoms with Gasteiger partial charge in [-0.3, -0.25) is 14.5 Å². The topological polar surface area (TPSA) is 79.0 Å². The molecule has 0 unspecified atom stereocenters. The van der Waals surface area contributed by atoms with Crippen molar-refractivity contribution in [2.24, 2.45) is 0 Å². The molecular formula is C17H21N3O4. The summed E-state index contributed by atoms with van der Waals surface area (Å²) in [4.78, 5) is 40.0. The molecule has 2 fully saturated rings. The number of nitrogens with one attached hydrogen (secondary N) is 1. The lowest BCUT2D eigenvalue weighted by Gasteiger charge is -2.23. The van der Waals surface area contributed by atoms with Crippen LogP contribution in [0.15, 0.2) is 24.3 Å². The van der Waals surface area contributed by atoms with Gasteiger partial charge in [0.15, 0.2) is 0 Å². The van der Waals surface area contributed by atoms with Gasteiger partial charge >= 0.3 is 6.03 Å². The number of nitrogens with zero attached hydrogens (tertiary/aromatic N) is 2. The number of benzene rings is 1. The summed E-state index contributed by atoms with van der Waals surface area (Å²) in [6.07, 6.45) is 1.94. The molecule has 3 rings (SSSR count). The summed E-state index contributed by atoms with van der Waals surface area (Å²) in [5.74, 6) is 0.0698. The number of carbonyl (C=O) groups is 3. The predicted molar refractivity (Wildman–Crippen MR) is 86.4 cm³/mol. The molecule has 2 heterocycles. The van der Waals surface area contributed by atoms with Crippen molar-refractivity contribution < 1.29 is 19.1 Å². The largest absolute Gasteiger partial charge is 0.497 e. The van der Waals surface area contributed by atoms with Gasteiger partial charge in [0, 0.05) is 13.1 Å². The first-order valence-electron chi connectivity index (χ1n) is 8.02. The first-order chi connectivity index (χ1) is 11.5. The number of methoxy groups -OCH3 is 1. The average molecular weight is 331 g/mol. The zero-order chi connectivity index (χ0) is 17.3. The molecule has 0 aromatic heterocycles. The van der Waals surface area contributed by atoms with E-state index in [1.165, 1.54) is 0 Å². The third-order valence-electron chi connectivity index (χ3n) is 4.69. The molecule has 4 amide bonds. The van der Waals surface area contributed by atoms with Crippen molar-refractivity contribution >= 4 is 17.8 Å². The van der Waals surface area contributed by atoms with E-state index in [0.29, 0.717) is 24.4 Å². The first-order valence-corrected chi connectivity index (χ1v) is 8.02. The highest BCUT2D eigenvalue weighted by Crippen LogP contribution is 2.30. The summed E-state index contributed by atoms with van der Waals surface area (Å²) in [5.41, 5.74) is -0.521. The molecule has 2 aliphatic rings. The van der Waals surface area contributed by atoms with Gasteiger partial charge in [0.25, 0.3) is 5.91 Å². The number of likely N-dealkylation sites (tertiary alicyclic amines) is 1. The lowest BCUT2D eigenvalue weighted by atomic mass is 9.92. The van der Waals surface area contributed by atoms with E-state index >= 15 is 0 Å². The molecule has 1 atom stereocenters. The molecule has 2 aliphatic heterocycles. The minimum atomic E-state index is -1.17. The van der Waals surface area contributed by atoms with Gasteiger partial charge in [0.2, 0.25) is 5.91 Å². The van der Waals surface area contributed by atoms with Gasteiger partial charge in [-0.05, 0) is 37.5 Å². The van der Waals surface area contributed by atoms with Crippen molar-refractivity contribution in [1.82, 2.24) is 15.1 Å². The van der Waals surface area contributed by atoms with Crippen LogP contribution in [0.3, 0.4) is 0 Å². The lowest BCUT2D eigenvalue weighted by molar-refractivity contribution is -0.138. The molecular weight excluding hydrogens is 310 g/mol. The van der Waals surface area contributed by atoms with Crippen LogP contribution in [0.2, 0.25) is 0 Å². The van der Waals surface area contributed by atoms with Crippen molar-refractivity contribution in [3.63, 3.8) is 0 Å². The molecule has 0 aliphatic carbocycles. The number of hydrogen-bond acceptors (Lipinski definition) is 4. The highest BCUT2D eigenvalue weighted by atomic mass is 16.5.